The number of fused-ring (bicyclic) bond motifs is 1. The van der Waals surface area contributed by atoms with Crippen LogP contribution in [0.15, 0.2) is 24.3 Å². The van der Waals surface area contributed by atoms with Gasteiger partial charge in [-0.15, -0.1) is 0 Å². The number of rotatable bonds is 6. The molecule has 3 rings (SSSR count). The van der Waals surface area contributed by atoms with Gasteiger partial charge in [0.25, 0.3) is 0 Å². The highest BCUT2D eigenvalue weighted by atomic mass is 19.2. The first-order valence-electron chi connectivity index (χ1n) is 10.5. The average Bonchev–Trinajstić information content (AvgIpc) is 3.32. The van der Waals surface area contributed by atoms with E-state index in [2.05, 4.69) is 0 Å². The summed E-state index contributed by atoms with van der Waals surface area (Å²) in [5.41, 5.74) is 5.90. The predicted octanol–water partition coefficient (Wildman–Crippen LogP) is 1.15. The largest absolute Gasteiger partial charge is 0.478 e. The van der Waals surface area contributed by atoms with Gasteiger partial charge in [-0.3, -0.25) is 9.59 Å². The highest BCUT2D eigenvalue weighted by molar-refractivity contribution is 5.89. The number of carboxylic acids is 2. The molecule has 12 heteroatoms. The summed E-state index contributed by atoms with van der Waals surface area (Å²) in [6, 6.07) is 0.562. The van der Waals surface area contributed by atoms with Crippen molar-refractivity contribution in [3.8, 4) is 0 Å². The number of hydrogen-bond acceptors (Lipinski definition) is 5. The van der Waals surface area contributed by atoms with Gasteiger partial charge in [0, 0.05) is 63.2 Å². The van der Waals surface area contributed by atoms with Crippen LogP contribution < -0.4 is 5.73 Å². The summed E-state index contributed by atoms with van der Waals surface area (Å²) in [6.45, 7) is 3.32. The minimum Gasteiger partial charge on any atom is -0.478 e. The Hall–Kier alpha value is -3.41. The van der Waals surface area contributed by atoms with Crippen LogP contribution in [0.2, 0.25) is 0 Å². The van der Waals surface area contributed by atoms with Crippen LogP contribution in [0.5, 0.6) is 0 Å². The van der Waals surface area contributed by atoms with Crippen molar-refractivity contribution in [3.63, 3.8) is 0 Å². The van der Waals surface area contributed by atoms with Crippen molar-refractivity contribution in [2.24, 2.45) is 11.7 Å². The maximum atomic E-state index is 13.7. The van der Waals surface area contributed by atoms with Gasteiger partial charge in [-0.25, -0.2) is 22.8 Å². The standard InChI is InChI=1S/C18H22F3N3O2.C4H4O4/c1-10(25)23-8-11-2-3-24(17(11)9-23)18(26)6-13(22)4-12-5-15(20)16(21)7-14(12)19;5-3(6)1-2-4(7)8/h5,7,11,13,17H,2-4,6,8-9,22H2,1H3;1-2H,(H,5,6)(H,7,8)/t11-,13+,17+;/m0./s1. The van der Waals surface area contributed by atoms with Crippen LogP contribution >= 0.6 is 0 Å². The Morgan fingerprint density at radius 1 is 1.06 bits per heavy atom. The quantitative estimate of drug-likeness (QED) is 0.406. The summed E-state index contributed by atoms with van der Waals surface area (Å²) in [4.78, 5) is 46.7. The number of nitrogens with zero attached hydrogens (tertiary/aromatic N) is 2. The summed E-state index contributed by atoms with van der Waals surface area (Å²) in [5.74, 6) is -5.66. The molecule has 0 spiro atoms. The molecule has 2 heterocycles. The fraction of sp³-hybridized carbons (Fsp3) is 0.455. The number of aliphatic carboxylic acids is 2. The number of carbonyl (C=O) groups excluding carboxylic acids is 2. The number of likely N-dealkylation sites (tertiary alicyclic amines) is 2. The summed E-state index contributed by atoms with van der Waals surface area (Å²) in [7, 11) is 0. The molecule has 34 heavy (non-hydrogen) atoms. The molecular formula is C22H26F3N3O6. The molecule has 0 bridgehead atoms. The van der Waals surface area contributed by atoms with Crippen LogP contribution in [0.25, 0.3) is 0 Å². The summed E-state index contributed by atoms with van der Waals surface area (Å²) < 4.78 is 40.0. The summed E-state index contributed by atoms with van der Waals surface area (Å²) in [6.07, 6.45) is 1.88. The van der Waals surface area contributed by atoms with Crippen LogP contribution in [-0.4, -0.2) is 75.5 Å². The number of carboxylic acid groups (broad SMARTS) is 2. The normalized spacial score (nSPS) is 20.0. The molecule has 2 aliphatic heterocycles. The van der Waals surface area contributed by atoms with Crippen molar-refractivity contribution < 1.29 is 42.6 Å². The number of nitrogens with two attached hydrogens (primary N) is 1. The zero-order chi connectivity index (χ0) is 25.6. The third-order valence-corrected chi connectivity index (χ3v) is 5.69. The second-order valence-electron chi connectivity index (χ2n) is 8.16. The van der Waals surface area contributed by atoms with E-state index in [-0.39, 0.29) is 42.2 Å². The van der Waals surface area contributed by atoms with E-state index in [0.29, 0.717) is 37.9 Å². The minimum atomic E-state index is -1.26. The van der Waals surface area contributed by atoms with Gasteiger partial charge in [-0.1, -0.05) is 0 Å². The lowest BCUT2D eigenvalue weighted by atomic mass is 10.0. The first kappa shape index (κ1) is 26.8. The highest BCUT2D eigenvalue weighted by Crippen LogP contribution is 2.32. The number of halogens is 3. The lowest BCUT2D eigenvalue weighted by Gasteiger charge is -2.26. The highest BCUT2D eigenvalue weighted by Gasteiger charge is 2.43. The van der Waals surface area contributed by atoms with Crippen LogP contribution in [0.1, 0.15) is 25.3 Å². The van der Waals surface area contributed by atoms with Crippen molar-refractivity contribution in [2.45, 2.75) is 38.3 Å². The molecule has 1 aromatic carbocycles. The van der Waals surface area contributed by atoms with Crippen molar-refractivity contribution in [1.29, 1.82) is 0 Å². The maximum Gasteiger partial charge on any atom is 0.328 e. The second-order valence-corrected chi connectivity index (χ2v) is 8.16. The Morgan fingerprint density at radius 2 is 1.65 bits per heavy atom. The molecule has 0 unspecified atom stereocenters. The minimum absolute atomic E-state index is 0.00129. The third kappa shape index (κ3) is 7.30. The van der Waals surface area contributed by atoms with E-state index in [9.17, 15) is 32.3 Å². The van der Waals surface area contributed by atoms with Gasteiger partial charge in [0.05, 0.1) is 6.04 Å². The van der Waals surface area contributed by atoms with Crippen molar-refractivity contribution in [1.82, 2.24) is 9.80 Å². The average molecular weight is 485 g/mol. The van der Waals surface area contributed by atoms with Gasteiger partial charge < -0.3 is 25.7 Å². The Bertz CT molecular complexity index is 971. The van der Waals surface area contributed by atoms with Crippen LogP contribution in [0.3, 0.4) is 0 Å². The molecule has 0 aliphatic carbocycles. The van der Waals surface area contributed by atoms with Gasteiger partial charge in [-0.05, 0) is 24.5 Å². The van der Waals surface area contributed by atoms with Crippen LogP contribution in [-0.2, 0) is 25.6 Å². The molecule has 9 nitrogen and oxygen atoms in total. The van der Waals surface area contributed by atoms with E-state index < -0.39 is 35.4 Å². The number of carbonyl (C=O) groups is 4. The van der Waals surface area contributed by atoms with E-state index in [0.717, 1.165) is 12.5 Å². The fourth-order valence-electron chi connectivity index (χ4n) is 4.09. The molecule has 186 valence electrons. The molecule has 2 aliphatic rings. The fourth-order valence-corrected chi connectivity index (χ4v) is 4.09. The number of hydrogen-bond donors (Lipinski definition) is 3. The molecule has 0 aromatic heterocycles. The molecule has 2 amide bonds. The van der Waals surface area contributed by atoms with Crippen molar-refractivity contribution in [2.75, 3.05) is 19.6 Å². The smallest absolute Gasteiger partial charge is 0.328 e. The Balaban J connectivity index is 0.000000440. The SMILES string of the molecule is CC(=O)N1C[C@@H]2CCN(C(=O)C[C@H](N)Cc3cc(F)c(F)cc3F)[C@@H]2C1.O=C(O)C=CC(=O)O. The van der Waals surface area contributed by atoms with E-state index >= 15 is 0 Å². The molecule has 2 saturated heterocycles. The zero-order valence-electron chi connectivity index (χ0n) is 18.4. The van der Waals surface area contributed by atoms with Gasteiger partial charge in [0.2, 0.25) is 11.8 Å². The topological polar surface area (TPSA) is 141 Å². The van der Waals surface area contributed by atoms with Gasteiger partial charge in [0.15, 0.2) is 11.6 Å². The molecule has 3 atom stereocenters. The van der Waals surface area contributed by atoms with Crippen molar-refractivity contribution in [3.05, 3.63) is 47.3 Å². The lowest BCUT2D eigenvalue weighted by molar-refractivity contribution is -0.134. The third-order valence-electron chi connectivity index (χ3n) is 5.69. The molecule has 0 radical (unpaired) electrons. The van der Waals surface area contributed by atoms with E-state index in [1.54, 1.807) is 9.80 Å². The molecule has 0 saturated carbocycles. The second kappa shape index (κ2) is 11.6. The monoisotopic (exact) mass is 485 g/mol. The Morgan fingerprint density at radius 3 is 2.21 bits per heavy atom. The number of benzene rings is 1. The van der Waals surface area contributed by atoms with E-state index in [1.165, 1.54) is 6.92 Å². The molecule has 1 aromatic rings. The van der Waals surface area contributed by atoms with E-state index in [4.69, 9.17) is 15.9 Å². The van der Waals surface area contributed by atoms with Gasteiger partial charge >= 0.3 is 11.9 Å². The maximum absolute atomic E-state index is 13.7. The van der Waals surface area contributed by atoms with Crippen LogP contribution in [0, 0.1) is 23.4 Å². The Labute approximate surface area is 193 Å². The molecular weight excluding hydrogens is 459 g/mol. The predicted molar refractivity (Wildman–Crippen MR) is 113 cm³/mol. The van der Waals surface area contributed by atoms with Crippen LogP contribution in [0.4, 0.5) is 13.2 Å². The first-order valence-corrected chi connectivity index (χ1v) is 10.5. The zero-order valence-corrected chi connectivity index (χ0v) is 18.4. The lowest BCUT2D eigenvalue weighted by Crippen LogP contribution is -2.42. The summed E-state index contributed by atoms with van der Waals surface area (Å²) >= 11 is 0. The van der Waals surface area contributed by atoms with E-state index in [1.807, 2.05) is 0 Å². The molecule has 2 fully saturated rings. The first-order chi connectivity index (χ1) is 15.9. The van der Waals surface area contributed by atoms with Gasteiger partial charge in [-0.2, -0.15) is 0 Å². The van der Waals surface area contributed by atoms with Gasteiger partial charge in [0.1, 0.15) is 5.82 Å². The number of amides is 2. The molecule has 4 N–H and O–H groups in total. The van der Waals surface area contributed by atoms with Crippen molar-refractivity contribution >= 4 is 23.8 Å². The summed E-state index contributed by atoms with van der Waals surface area (Å²) in [5, 5.41) is 15.6. The Kier molecular flexibility index (Phi) is 9.19.